The lowest BCUT2D eigenvalue weighted by molar-refractivity contribution is -0.131. The lowest BCUT2D eigenvalue weighted by Crippen LogP contribution is -2.18. The molecule has 7 nitrogen and oxygen atoms in total. The molecule has 0 atom stereocenters. The highest BCUT2D eigenvalue weighted by molar-refractivity contribution is 5.80. The molecule has 0 saturated carbocycles. The van der Waals surface area contributed by atoms with Gasteiger partial charge in [0.1, 0.15) is 0 Å². The number of amides is 1. The Bertz CT molecular complexity index is 180. The van der Waals surface area contributed by atoms with E-state index in [2.05, 4.69) is 16.0 Å². The summed E-state index contributed by atoms with van der Waals surface area (Å²) in [5.74, 6) is 2.38. The normalized spacial score (nSPS) is 8.54. The molecule has 13 heavy (non-hydrogen) atoms. The van der Waals surface area contributed by atoms with Gasteiger partial charge in [0.2, 0.25) is 0 Å². The van der Waals surface area contributed by atoms with Crippen LogP contribution in [-0.2, 0) is 9.53 Å². The highest BCUT2D eigenvalue weighted by atomic mass is 16.5. The van der Waals surface area contributed by atoms with E-state index in [9.17, 15) is 9.59 Å². The van der Waals surface area contributed by atoms with Crippen molar-refractivity contribution in [3.63, 3.8) is 0 Å². The summed E-state index contributed by atoms with van der Waals surface area (Å²) < 4.78 is 4.43. The van der Waals surface area contributed by atoms with Crippen LogP contribution in [0.5, 0.6) is 0 Å². The van der Waals surface area contributed by atoms with Crippen molar-refractivity contribution in [2.75, 3.05) is 6.61 Å². The zero-order chi connectivity index (χ0) is 10.7. The van der Waals surface area contributed by atoms with E-state index in [4.69, 9.17) is 10.3 Å². The van der Waals surface area contributed by atoms with Crippen LogP contribution in [0.15, 0.2) is 12.3 Å². The Balaban J connectivity index is 0. The first-order valence-electron chi connectivity index (χ1n) is 3.25. The number of nitrogens with two attached hydrogens (primary N) is 1. The molecule has 0 bridgehead atoms. The van der Waals surface area contributed by atoms with Crippen molar-refractivity contribution in [1.82, 2.24) is 5.32 Å². The van der Waals surface area contributed by atoms with Gasteiger partial charge >= 0.3 is 12.1 Å². The van der Waals surface area contributed by atoms with Gasteiger partial charge in [0.25, 0.3) is 0 Å². The maximum Gasteiger partial charge on any atom is 0.411 e. The molecule has 0 aromatic carbocycles. The Kier molecular flexibility index (Phi) is 11.2. The van der Waals surface area contributed by atoms with Crippen molar-refractivity contribution in [2.45, 2.75) is 6.92 Å². The Labute approximate surface area is 74.7 Å². The SMILES string of the molecule is CCOC(=O)NC=CC(=O)O.NO. The number of alkyl carbamates (subject to hydrolysis) is 1. The number of carbonyl (C=O) groups excluding carboxylic acids is 1. The summed E-state index contributed by atoms with van der Waals surface area (Å²) >= 11 is 0. The average Bonchev–Trinajstić information content (AvgIpc) is 2.08. The smallest absolute Gasteiger partial charge is 0.411 e. The summed E-state index contributed by atoms with van der Waals surface area (Å²) in [7, 11) is 0. The number of carboxylic acids is 1. The second kappa shape index (κ2) is 10.4. The van der Waals surface area contributed by atoms with Crippen LogP contribution in [0.3, 0.4) is 0 Å². The summed E-state index contributed by atoms with van der Waals surface area (Å²) in [6, 6.07) is 0. The van der Waals surface area contributed by atoms with Crippen LogP contribution < -0.4 is 11.2 Å². The molecular formula is C6H12N2O5. The van der Waals surface area contributed by atoms with E-state index < -0.39 is 12.1 Å². The van der Waals surface area contributed by atoms with Gasteiger partial charge in [0.15, 0.2) is 0 Å². The van der Waals surface area contributed by atoms with Gasteiger partial charge in [0, 0.05) is 12.3 Å². The molecule has 76 valence electrons. The van der Waals surface area contributed by atoms with Gasteiger partial charge in [-0.15, -0.1) is 0 Å². The number of ether oxygens (including phenoxy) is 1. The molecule has 0 aromatic heterocycles. The molecule has 0 aromatic rings. The fourth-order valence-corrected chi connectivity index (χ4v) is 0.354. The molecule has 0 saturated heterocycles. The van der Waals surface area contributed by atoms with Crippen LogP contribution in [0.25, 0.3) is 0 Å². The fraction of sp³-hybridized carbons (Fsp3) is 0.333. The summed E-state index contributed by atoms with van der Waals surface area (Å²) in [6.07, 6.45) is 1.14. The van der Waals surface area contributed by atoms with E-state index in [1.807, 2.05) is 0 Å². The maximum absolute atomic E-state index is 10.4. The molecule has 0 heterocycles. The molecule has 0 unspecified atom stereocenters. The maximum atomic E-state index is 10.4. The predicted molar refractivity (Wildman–Crippen MR) is 42.9 cm³/mol. The molecule has 0 spiro atoms. The number of aliphatic carboxylic acids is 1. The molecule has 0 fully saturated rings. The number of nitrogens with one attached hydrogen (secondary N) is 1. The fourth-order valence-electron chi connectivity index (χ4n) is 0.354. The molecule has 0 aliphatic carbocycles. The van der Waals surface area contributed by atoms with Crippen LogP contribution >= 0.6 is 0 Å². The van der Waals surface area contributed by atoms with E-state index in [-0.39, 0.29) is 6.61 Å². The zero-order valence-electron chi connectivity index (χ0n) is 7.06. The Morgan fingerprint density at radius 2 is 2.08 bits per heavy atom. The van der Waals surface area contributed by atoms with E-state index in [0.717, 1.165) is 12.3 Å². The molecular weight excluding hydrogens is 180 g/mol. The Morgan fingerprint density at radius 3 is 2.46 bits per heavy atom. The van der Waals surface area contributed by atoms with Gasteiger partial charge in [-0.3, -0.25) is 5.32 Å². The quantitative estimate of drug-likeness (QED) is 0.358. The van der Waals surface area contributed by atoms with Crippen molar-refractivity contribution < 1.29 is 24.6 Å². The van der Waals surface area contributed by atoms with Gasteiger partial charge in [-0.2, -0.15) is 0 Å². The highest BCUT2D eigenvalue weighted by Crippen LogP contribution is 1.76. The van der Waals surface area contributed by atoms with Gasteiger partial charge in [0.05, 0.1) is 6.61 Å². The summed E-state index contributed by atoms with van der Waals surface area (Å²) in [5.41, 5.74) is 0. The van der Waals surface area contributed by atoms with E-state index >= 15 is 0 Å². The van der Waals surface area contributed by atoms with Crippen molar-refractivity contribution in [1.29, 1.82) is 0 Å². The van der Waals surface area contributed by atoms with Crippen molar-refractivity contribution in [3.8, 4) is 0 Å². The lowest BCUT2D eigenvalue weighted by Gasteiger charge is -1.97. The van der Waals surface area contributed by atoms with E-state index in [0.29, 0.717) is 0 Å². The lowest BCUT2D eigenvalue weighted by atomic mass is 10.6. The zero-order valence-corrected chi connectivity index (χ0v) is 7.06. The number of carbonyl (C=O) groups is 2. The molecule has 0 radical (unpaired) electrons. The second-order valence-electron chi connectivity index (χ2n) is 1.54. The molecule has 0 aliphatic rings. The number of rotatable bonds is 3. The minimum Gasteiger partial charge on any atom is -0.478 e. The minimum absolute atomic E-state index is 0.257. The largest absolute Gasteiger partial charge is 0.478 e. The van der Waals surface area contributed by atoms with Crippen LogP contribution in [0.4, 0.5) is 4.79 Å². The first-order chi connectivity index (χ1) is 6.16. The summed E-state index contributed by atoms with van der Waals surface area (Å²) in [5, 5.41) is 16.7. The van der Waals surface area contributed by atoms with Gasteiger partial charge in [-0.1, -0.05) is 0 Å². The minimum atomic E-state index is -1.12. The van der Waals surface area contributed by atoms with Gasteiger partial charge in [-0.05, 0) is 6.92 Å². The van der Waals surface area contributed by atoms with Gasteiger partial charge in [-0.25, -0.2) is 15.5 Å². The van der Waals surface area contributed by atoms with E-state index in [1.165, 1.54) is 0 Å². The highest BCUT2D eigenvalue weighted by Gasteiger charge is 1.94. The molecule has 1 amide bonds. The Morgan fingerprint density at radius 1 is 1.54 bits per heavy atom. The average molecular weight is 192 g/mol. The predicted octanol–water partition coefficient (Wildman–Crippen LogP) is -0.335. The standard InChI is InChI=1S/C6H9NO4.H3NO/c1-2-11-6(10)7-4-3-5(8)9;1-2/h3-4H,2H2,1H3,(H,7,10)(H,8,9);2H,1H2. The number of hydrogen-bond donors (Lipinski definition) is 4. The third-order valence-corrected chi connectivity index (χ3v) is 0.703. The van der Waals surface area contributed by atoms with Gasteiger partial charge < -0.3 is 15.1 Å². The summed E-state index contributed by atoms with van der Waals surface area (Å²) in [6.45, 7) is 1.91. The van der Waals surface area contributed by atoms with Crippen LogP contribution in [0.1, 0.15) is 6.92 Å². The third kappa shape index (κ3) is 13.4. The number of carboxylic acid groups (broad SMARTS) is 1. The Hall–Kier alpha value is -1.60. The van der Waals surface area contributed by atoms with Crippen molar-refractivity contribution >= 4 is 12.1 Å². The molecule has 5 N–H and O–H groups in total. The van der Waals surface area contributed by atoms with Crippen LogP contribution in [0, 0.1) is 0 Å². The molecule has 7 heteroatoms. The second-order valence-corrected chi connectivity index (χ2v) is 1.54. The van der Waals surface area contributed by atoms with Crippen molar-refractivity contribution in [3.05, 3.63) is 12.3 Å². The first-order valence-corrected chi connectivity index (χ1v) is 3.25. The molecule has 0 aliphatic heterocycles. The van der Waals surface area contributed by atoms with Crippen LogP contribution in [0.2, 0.25) is 0 Å². The first kappa shape index (κ1) is 14.0. The third-order valence-electron chi connectivity index (χ3n) is 0.703. The molecule has 0 rings (SSSR count). The van der Waals surface area contributed by atoms with Crippen molar-refractivity contribution in [2.24, 2.45) is 5.90 Å². The number of hydrogen-bond acceptors (Lipinski definition) is 5. The topological polar surface area (TPSA) is 122 Å². The monoisotopic (exact) mass is 192 g/mol. The van der Waals surface area contributed by atoms with E-state index in [1.54, 1.807) is 6.92 Å². The summed E-state index contributed by atoms with van der Waals surface area (Å²) in [4.78, 5) is 20.3. The van der Waals surface area contributed by atoms with Crippen LogP contribution in [-0.4, -0.2) is 29.0 Å².